The number of likely N-dealkylation sites (N-methyl/N-ethyl adjacent to an activating group) is 1. The Hall–Kier alpha value is -4.31. The average molecular weight is 551 g/mol. The Kier molecular flexibility index (Phi) is 9.11. The molecule has 2 N–H and O–H groups in total. The number of amides is 3. The molecule has 0 spiro atoms. The van der Waals surface area contributed by atoms with E-state index < -0.39 is 41.6 Å². The number of hydrogen-bond donors (Lipinski definition) is 2. The van der Waals surface area contributed by atoms with Crippen LogP contribution in [0.4, 0.5) is 14.5 Å². The molecule has 4 rings (SSSR count). The van der Waals surface area contributed by atoms with Crippen LogP contribution in [-0.2, 0) is 20.8 Å². The zero-order valence-corrected chi connectivity index (χ0v) is 22.6. The van der Waals surface area contributed by atoms with Gasteiger partial charge in [0.15, 0.2) is 6.10 Å². The molecule has 0 aliphatic carbocycles. The van der Waals surface area contributed by atoms with Crippen molar-refractivity contribution in [1.82, 2.24) is 15.5 Å². The van der Waals surface area contributed by atoms with Crippen molar-refractivity contribution >= 4 is 23.4 Å². The first-order valence-corrected chi connectivity index (χ1v) is 12.9. The van der Waals surface area contributed by atoms with E-state index in [1.54, 1.807) is 17.0 Å². The molecule has 3 aromatic rings. The van der Waals surface area contributed by atoms with E-state index in [9.17, 15) is 23.2 Å². The molecule has 210 valence electrons. The van der Waals surface area contributed by atoms with Crippen LogP contribution < -0.4 is 20.3 Å². The zero-order chi connectivity index (χ0) is 28.8. The predicted octanol–water partition coefficient (Wildman–Crippen LogP) is 3.23. The van der Waals surface area contributed by atoms with Crippen molar-refractivity contribution in [2.75, 3.05) is 32.1 Å². The van der Waals surface area contributed by atoms with Crippen molar-refractivity contribution in [3.05, 3.63) is 95.6 Å². The molecule has 0 bridgehead atoms. The van der Waals surface area contributed by atoms with Crippen LogP contribution in [-0.4, -0.2) is 61.9 Å². The van der Waals surface area contributed by atoms with Gasteiger partial charge in [0.2, 0.25) is 11.8 Å². The van der Waals surface area contributed by atoms with Crippen molar-refractivity contribution in [2.45, 2.75) is 31.5 Å². The fourth-order valence-electron chi connectivity index (χ4n) is 4.51. The average Bonchev–Trinajstić information content (AvgIpc) is 3.01. The Bertz CT molecular complexity index is 1350. The molecule has 3 amide bonds. The Morgan fingerprint density at radius 2 is 1.65 bits per heavy atom. The Morgan fingerprint density at radius 3 is 2.33 bits per heavy atom. The molecule has 3 atom stereocenters. The van der Waals surface area contributed by atoms with Gasteiger partial charge < -0.3 is 25.2 Å². The van der Waals surface area contributed by atoms with Gasteiger partial charge in [0.05, 0.1) is 12.1 Å². The van der Waals surface area contributed by atoms with Gasteiger partial charge in [-0.2, -0.15) is 0 Å². The topological polar surface area (TPSA) is 91.0 Å². The third-order valence-corrected chi connectivity index (χ3v) is 6.50. The van der Waals surface area contributed by atoms with Gasteiger partial charge in [0.1, 0.15) is 29.5 Å². The van der Waals surface area contributed by atoms with E-state index in [0.717, 1.165) is 12.1 Å². The molecule has 1 heterocycles. The Morgan fingerprint density at radius 1 is 1.00 bits per heavy atom. The number of fused-ring (bicyclic) bond motifs is 1. The quantitative estimate of drug-likeness (QED) is 0.427. The van der Waals surface area contributed by atoms with E-state index in [2.05, 4.69) is 10.6 Å². The minimum Gasteiger partial charge on any atom is -0.481 e. The molecule has 40 heavy (non-hydrogen) atoms. The predicted molar refractivity (Wildman–Crippen MR) is 147 cm³/mol. The molecule has 8 nitrogen and oxygen atoms in total. The molecule has 0 aromatic heterocycles. The van der Waals surface area contributed by atoms with Gasteiger partial charge in [-0.1, -0.05) is 42.5 Å². The van der Waals surface area contributed by atoms with E-state index in [4.69, 9.17) is 4.74 Å². The highest BCUT2D eigenvalue weighted by Crippen LogP contribution is 2.37. The lowest BCUT2D eigenvalue weighted by Crippen LogP contribution is -2.56. The number of ether oxygens (including phenoxy) is 1. The summed E-state index contributed by atoms with van der Waals surface area (Å²) in [6.07, 6.45) is -1.17. The van der Waals surface area contributed by atoms with E-state index >= 15 is 0 Å². The van der Waals surface area contributed by atoms with Crippen LogP contribution in [0, 0.1) is 11.6 Å². The summed E-state index contributed by atoms with van der Waals surface area (Å²) in [4.78, 5) is 43.5. The van der Waals surface area contributed by atoms with Gasteiger partial charge >= 0.3 is 0 Å². The van der Waals surface area contributed by atoms with Crippen LogP contribution >= 0.6 is 0 Å². The third-order valence-electron chi connectivity index (χ3n) is 6.50. The van der Waals surface area contributed by atoms with Crippen LogP contribution in [0.15, 0.2) is 72.8 Å². The van der Waals surface area contributed by atoms with Crippen LogP contribution in [0.25, 0.3) is 0 Å². The summed E-state index contributed by atoms with van der Waals surface area (Å²) >= 11 is 0. The lowest BCUT2D eigenvalue weighted by molar-refractivity contribution is -0.132. The molecular formula is C30H32F2N4O4. The van der Waals surface area contributed by atoms with Gasteiger partial charge in [-0.3, -0.25) is 14.4 Å². The molecule has 1 aliphatic heterocycles. The van der Waals surface area contributed by atoms with Crippen LogP contribution in [0.3, 0.4) is 0 Å². The van der Waals surface area contributed by atoms with Crippen LogP contribution in [0.2, 0.25) is 0 Å². The Balaban J connectivity index is 1.57. The first-order valence-electron chi connectivity index (χ1n) is 12.9. The summed E-state index contributed by atoms with van der Waals surface area (Å²) in [5.74, 6) is -2.66. The summed E-state index contributed by atoms with van der Waals surface area (Å²) in [5, 5.41) is 5.34. The minimum absolute atomic E-state index is 0.133. The molecule has 0 radical (unpaired) electrons. The number of nitrogens with zero attached hydrogens (tertiary/aromatic N) is 2. The largest absolute Gasteiger partial charge is 0.481 e. The number of carbonyl (C=O) groups excluding carboxylic acids is 3. The first-order chi connectivity index (χ1) is 19.1. The highest BCUT2D eigenvalue weighted by atomic mass is 19.1. The molecular weight excluding hydrogens is 518 g/mol. The Labute approximate surface area is 231 Å². The van der Waals surface area contributed by atoms with Crippen molar-refractivity contribution in [3.8, 4) is 5.75 Å². The molecule has 0 fully saturated rings. The lowest BCUT2D eigenvalue weighted by atomic mass is 10.0. The van der Waals surface area contributed by atoms with Gasteiger partial charge in [-0.25, -0.2) is 8.78 Å². The van der Waals surface area contributed by atoms with Gasteiger partial charge in [-0.05, 0) is 56.4 Å². The van der Waals surface area contributed by atoms with E-state index in [0.29, 0.717) is 36.2 Å². The summed E-state index contributed by atoms with van der Waals surface area (Å²) in [7, 11) is 3.80. The second-order valence-corrected chi connectivity index (χ2v) is 9.94. The number of anilines is 1. The summed E-state index contributed by atoms with van der Waals surface area (Å²) in [5.41, 5.74) is 1.42. The molecule has 1 aliphatic rings. The summed E-state index contributed by atoms with van der Waals surface area (Å²) < 4.78 is 33.4. The highest BCUT2D eigenvalue weighted by molar-refractivity contribution is 6.02. The normalized spacial score (nSPS) is 17.4. The van der Waals surface area contributed by atoms with E-state index in [1.807, 2.05) is 61.5 Å². The SMILES string of the molecule is C[C@H](NC(=O)Cc1cc(F)cc(F)c1)C(=O)N[C@@H]1C(=O)N(CCN(C)C)c2ccccc2O[C@@H]1c1ccccc1. The molecule has 10 heteroatoms. The number of para-hydroxylation sites is 2. The van der Waals surface area contributed by atoms with E-state index in [-0.39, 0.29) is 17.9 Å². The smallest absolute Gasteiger partial charge is 0.253 e. The molecule has 0 unspecified atom stereocenters. The van der Waals surface area contributed by atoms with Gasteiger partial charge in [-0.15, -0.1) is 0 Å². The first kappa shape index (κ1) is 28.7. The fourth-order valence-corrected chi connectivity index (χ4v) is 4.51. The number of hydrogen-bond acceptors (Lipinski definition) is 5. The summed E-state index contributed by atoms with van der Waals surface area (Å²) in [6.45, 7) is 2.40. The number of rotatable bonds is 9. The van der Waals surface area contributed by atoms with Crippen molar-refractivity contribution in [1.29, 1.82) is 0 Å². The van der Waals surface area contributed by atoms with Crippen molar-refractivity contribution < 1.29 is 27.9 Å². The van der Waals surface area contributed by atoms with Gasteiger partial charge in [0, 0.05) is 19.2 Å². The molecule has 3 aromatic carbocycles. The van der Waals surface area contributed by atoms with Crippen LogP contribution in [0.1, 0.15) is 24.2 Å². The highest BCUT2D eigenvalue weighted by Gasteiger charge is 2.40. The lowest BCUT2D eigenvalue weighted by Gasteiger charge is -2.29. The zero-order valence-electron chi connectivity index (χ0n) is 22.6. The van der Waals surface area contributed by atoms with Crippen molar-refractivity contribution in [2.24, 2.45) is 0 Å². The number of carbonyl (C=O) groups is 3. The maximum Gasteiger partial charge on any atom is 0.253 e. The maximum atomic E-state index is 14.0. The van der Waals surface area contributed by atoms with Crippen molar-refractivity contribution in [3.63, 3.8) is 0 Å². The summed E-state index contributed by atoms with van der Waals surface area (Å²) in [6, 6.07) is 17.0. The maximum absolute atomic E-state index is 14.0. The standard InChI is InChI=1S/C30H32F2N4O4/c1-19(33-26(37)17-20-15-22(31)18-23(32)16-20)29(38)34-27-28(21-9-5-4-6-10-21)40-25-12-8-7-11-24(25)36(30(27)39)14-13-35(2)3/h4-12,15-16,18-19,27-28H,13-14,17H2,1-3H3,(H,33,37)(H,34,38)/t19-,27-,28+/m0/s1. The van der Waals surface area contributed by atoms with E-state index in [1.165, 1.54) is 6.92 Å². The van der Waals surface area contributed by atoms with Crippen LogP contribution in [0.5, 0.6) is 5.75 Å². The number of halogens is 2. The monoisotopic (exact) mass is 550 g/mol. The molecule has 0 saturated heterocycles. The third kappa shape index (κ3) is 7.01. The second kappa shape index (κ2) is 12.7. The molecule has 0 saturated carbocycles. The second-order valence-electron chi connectivity index (χ2n) is 9.94. The number of nitrogens with one attached hydrogen (secondary N) is 2. The fraction of sp³-hybridized carbons (Fsp3) is 0.300. The number of benzene rings is 3. The van der Waals surface area contributed by atoms with Gasteiger partial charge in [0.25, 0.3) is 5.91 Å². The minimum atomic E-state index is -1.11.